The predicted molar refractivity (Wildman–Crippen MR) is 73.7 cm³/mol. The van der Waals surface area contributed by atoms with Crippen LogP contribution in [-0.2, 0) is 0 Å². The molecule has 0 aromatic rings. The van der Waals surface area contributed by atoms with Crippen LogP contribution in [-0.4, -0.2) is 0 Å². The largest absolute Gasteiger partial charge is 0.103 e. The molecule has 0 saturated heterocycles. The van der Waals surface area contributed by atoms with Crippen LogP contribution >= 0.6 is 0 Å². The molecule has 1 aliphatic rings. The van der Waals surface area contributed by atoms with Crippen LogP contribution in [0.5, 0.6) is 0 Å². The van der Waals surface area contributed by atoms with Gasteiger partial charge in [-0.1, -0.05) is 76.7 Å². The zero-order valence-corrected chi connectivity index (χ0v) is 11.1. The smallest absolute Gasteiger partial charge is 0.0351 e. The van der Waals surface area contributed by atoms with E-state index in [9.17, 15) is 0 Å². The Labute approximate surface area is 103 Å². The van der Waals surface area contributed by atoms with Crippen molar-refractivity contribution in [2.75, 3.05) is 0 Å². The van der Waals surface area contributed by atoms with Gasteiger partial charge in [-0.2, -0.15) is 0 Å². The van der Waals surface area contributed by atoms with Crippen LogP contribution in [0.2, 0.25) is 0 Å². The van der Waals surface area contributed by atoms with Crippen molar-refractivity contribution in [1.29, 1.82) is 0 Å². The Morgan fingerprint density at radius 2 is 1.19 bits per heavy atom. The normalized spacial score (nSPS) is 22.0. The number of allylic oxidation sites excluding steroid dienone is 1. The summed E-state index contributed by atoms with van der Waals surface area (Å²) in [5, 5.41) is 0. The predicted octanol–water partition coefficient (Wildman–Crippen LogP) is 5.87. The number of hydrogen-bond acceptors (Lipinski definition) is 0. The average molecular weight is 222 g/mol. The van der Waals surface area contributed by atoms with E-state index in [2.05, 4.69) is 12.7 Å². The Morgan fingerprint density at radius 1 is 0.750 bits per heavy atom. The summed E-state index contributed by atoms with van der Waals surface area (Å²) in [6.45, 7) is 3.85. The maximum atomic E-state index is 3.85. The van der Waals surface area contributed by atoms with Crippen molar-refractivity contribution in [2.24, 2.45) is 5.92 Å². The molecule has 1 saturated carbocycles. The highest BCUT2D eigenvalue weighted by Crippen LogP contribution is 2.24. The summed E-state index contributed by atoms with van der Waals surface area (Å²) in [5.41, 5.74) is 0. The van der Waals surface area contributed by atoms with Gasteiger partial charge < -0.3 is 0 Å². The van der Waals surface area contributed by atoms with Gasteiger partial charge in [-0.15, -0.1) is 6.58 Å². The minimum absolute atomic E-state index is 0.998. The summed E-state index contributed by atoms with van der Waals surface area (Å²) in [7, 11) is 0. The third-order valence-electron chi connectivity index (χ3n) is 4.00. The fourth-order valence-corrected chi connectivity index (χ4v) is 2.89. The van der Waals surface area contributed by atoms with E-state index in [-0.39, 0.29) is 0 Å². The Hall–Kier alpha value is -0.260. The van der Waals surface area contributed by atoms with Gasteiger partial charge in [0.05, 0.1) is 0 Å². The first kappa shape index (κ1) is 13.8. The van der Waals surface area contributed by atoms with Gasteiger partial charge >= 0.3 is 0 Å². The molecule has 0 nitrogen and oxygen atoms in total. The van der Waals surface area contributed by atoms with E-state index in [1.807, 2.05) is 0 Å². The topological polar surface area (TPSA) is 0 Å². The molecule has 0 aromatic heterocycles. The summed E-state index contributed by atoms with van der Waals surface area (Å²) >= 11 is 0. The SMILES string of the molecule is C=CCCC1CCCCCCCCCCC1. The molecule has 0 bridgehead atoms. The average Bonchev–Trinajstić information content (AvgIpc) is 2.28. The highest BCUT2D eigenvalue weighted by atomic mass is 14.1. The van der Waals surface area contributed by atoms with Gasteiger partial charge in [0.1, 0.15) is 0 Å². The van der Waals surface area contributed by atoms with Crippen LogP contribution in [0.1, 0.15) is 83.5 Å². The van der Waals surface area contributed by atoms with Gasteiger partial charge in [0.15, 0.2) is 0 Å². The van der Waals surface area contributed by atoms with Gasteiger partial charge in [0.25, 0.3) is 0 Å². The van der Waals surface area contributed by atoms with Gasteiger partial charge in [-0.25, -0.2) is 0 Å². The third kappa shape index (κ3) is 7.09. The van der Waals surface area contributed by atoms with E-state index in [4.69, 9.17) is 0 Å². The molecule has 16 heavy (non-hydrogen) atoms. The molecule has 94 valence electrons. The second kappa shape index (κ2) is 9.93. The number of hydrogen-bond donors (Lipinski definition) is 0. The van der Waals surface area contributed by atoms with Crippen molar-refractivity contribution in [3.05, 3.63) is 12.7 Å². The maximum absolute atomic E-state index is 3.85. The van der Waals surface area contributed by atoms with Crippen molar-refractivity contribution in [3.8, 4) is 0 Å². The van der Waals surface area contributed by atoms with E-state index in [0.29, 0.717) is 0 Å². The van der Waals surface area contributed by atoms with Crippen molar-refractivity contribution in [2.45, 2.75) is 83.5 Å². The lowest BCUT2D eigenvalue weighted by Gasteiger charge is -2.16. The molecule has 0 N–H and O–H groups in total. The van der Waals surface area contributed by atoms with E-state index >= 15 is 0 Å². The van der Waals surface area contributed by atoms with Gasteiger partial charge in [-0.05, 0) is 18.8 Å². The van der Waals surface area contributed by atoms with Crippen LogP contribution in [0, 0.1) is 5.92 Å². The van der Waals surface area contributed by atoms with Crippen molar-refractivity contribution < 1.29 is 0 Å². The minimum atomic E-state index is 0.998. The molecule has 1 aliphatic carbocycles. The summed E-state index contributed by atoms with van der Waals surface area (Å²) in [4.78, 5) is 0. The summed E-state index contributed by atoms with van der Waals surface area (Å²) in [6, 6.07) is 0. The van der Waals surface area contributed by atoms with Gasteiger partial charge in [0, 0.05) is 0 Å². The van der Waals surface area contributed by atoms with Gasteiger partial charge in [0.2, 0.25) is 0 Å². The van der Waals surface area contributed by atoms with E-state index in [1.165, 1.54) is 83.5 Å². The molecular formula is C16H30. The first-order valence-corrected chi connectivity index (χ1v) is 7.54. The standard InChI is InChI=1S/C16H30/c1-2-3-13-16-14-11-9-7-5-4-6-8-10-12-15-16/h2,16H,1,3-15H2. The molecule has 1 rings (SSSR count). The molecule has 0 radical (unpaired) electrons. The zero-order chi connectivity index (χ0) is 11.5. The van der Waals surface area contributed by atoms with Crippen LogP contribution in [0.4, 0.5) is 0 Å². The Bertz CT molecular complexity index is 147. The zero-order valence-electron chi connectivity index (χ0n) is 11.1. The second-order valence-corrected chi connectivity index (χ2v) is 5.49. The molecule has 0 spiro atoms. The van der Waals surface area contributed by atoms with Crippen molar-refractivity contribution >= 4 is 0 Å². The highest BCUT2D eigenvalue weighted by Gasteiger charge is 2.08. The molecule has 0 aliphatic heterocycles. The van der Waals surface area contributed by atoms with E-state index in [0.717, 1.165) is 5.92 Å². The monoisotopic (exact) mass is 222 g/mol. The Morgan fingerprint density at radius 3 is 1.62 bits per heavy atom. The van der Waals surface area contributed by atoms with E-state index in [1.54, 1.807) is 0 Å². The lowest BCUT2D eigenvalue weighted by Crippen LogP contribution is -2.01. The number of rotatable bonds is 3. The third-order valence-corrected chi connectivity index (χ3v) is 4.00. The fourth-order valence-electron chi connectivity index (χ4n) is 2.89. The minimum Gasteiger partial charge on any atom is -0.103 e. The molecular weight excluding hydrogens is 192 g/mol. The Kier molecular flexibility index (Phi) is 8.57. The lowest BCUT2D eigenvalue weighted by molar-refractivity contribution is 0.376. The fraction of sp³-hybridized carbons (Fsp3) is 0.875. The summed E-state index contributed by atoms with van der Waals surface area (Å²) < 4.78 is 0. The molecule has 0 amide bonds. The van der Waals surface area contributed by atoms with Crippen LogP contribution in [0.3, 0.4) is 0 Å². The lowest BCUT2D eigenvalue weighted by atomic mass is 9.89. The molecule has 0 heteroatoms. The first-order valence-electron chi connectivity index (χ1n) is 7.54. The Balaban J connectivity index is 2.21. The summed E-state index contributed by atoms with van der Waals surface area (Å²) in [5.74, 6) is 0.998. The maximum Gasteiger partial charge on any atom is -0.0351 e. The van der Waals surface area contributed by atoms with Crippen LogP contribution in [0.25, 0.3) is 0 Å². The highest BCUT2D eigenvalue weighted by molar-refractivity contribution is 4.70. The van der Waals surface area contributed by atoms with Crippen molar-refractivity contribution in [1.82, 2.24) is 0 Å². The molecule has 0 heterocycles. The molecule has 0 atom stereocenters. The molecule has 0 aromatic carbocycles. The molecule has 0 unspecified atom stereocenters. The van der Waals surface area contributed by atoms with Crippen LogP contribution < -0.4 is 0 Å². The van der Waals surface area contributed by atoms with Crippen LogP contribution in [0.15, 0.2) is 12.7 Å². The quantitative estimate of drug-likeness (QED) is 0.524. The molecule has 1 fully saturated rings. The van der Waals surface area contributed by atoms with E-state index < -0.39 is 0 Å². The summed E-state index contributed by atoms with van der Waals surface area (Å²) in [6.07, 6.45) is 21.0. The first-order chi connectivity index (χ1) is 7.93. The van der Waals surface area contributed by atoms with Gasteiger partial charge in [-0.3, -0.25) is 0 Å². The second-order valence-electron chi connectivity index (χ2n) is 5.49. The van der Waals surface area contributed by atoms with Crippen molar-refractivity contribution in [3.63, 3.8) is 0 Å².